The summed E-state index contributed by atoms with van der Waals surface area (Å²) < 4.78 is 0. The molecule has 0 saturated carbocycles. The molecule has 0 bridgehead atoms. The molecule has 3 heteroatoms. The third kappa shape index (κ3) is 1.28. The third-order valence-electron chi connectivity index (χ3n) is 1.34. The van der Waals surface area contributed by atoms with Crippen molar-refractivity contribution in [2.75, 3.05) is 13.1 Å². The number of aliphatic imine (C=N–C) groups is 1. The molecule has 9 heavy (non-hydrogen) atoms. The number of nitrogens with zero attached hydrogens (tertiary/aromatic N) is 2. The maximum atomic E-state index is 10.9. The van der Waals surface area contributed by atoms with Crippen LogP contribution in [0.2, 0.25) is 0 Å². The van der Waals surface area contributed by atoms with Gasteiger partial charge in [0.2, 0.25) is 5.91 Å². The minimum Gasteiger partial charge on any atom is -0.304 e. The van der Waals surface area contributed by atoms with Gasteiger partial charge in [-0.3, -0.25) is 9.79 Å². The van der Waals surface area contributed by atoms with Crippen molar-refractivity contribution in [2.45, 2.75) is 13.3 Å². The fourth-order valence-corrected chi connectivity index (χ4v) is 0.782. The molecule has 0 aromatic heterocycles. The summed E-state index contributed by atoms with van der Waals surface area (Å²) in [6.45, 7) is 3.34. The number of hydrogen-bond donors (Lipinski definition) is 0. The summed E-state index contributed by atoms with van der Waals surface area (Å²) in [6.07, 6.45) is 2.19. The van der Waals surface area contributed by atoms with E-state index in [0.29, 0.717) is 13.0 Å². The van der Waals surface area contributed by atoms with Crippen molar-refractivity contribution >= 4 is 12.2 Å². The summed E-state index contributed by atoms with van der Waals surface area (Å²) in [5.74, 6) is 0.188. The second kappa shape index (κ2) is 2.62. The first kappa shape index (κ1) is 6.26. The van der Waals surface area contributed by atoms with Crippen LogP contribution in [-0.4, -0.2) is 30.2 Å². The molecule has 0 aliphatic carbocycles. The summed E-state index contributed by atoms with van der Waals surface area (Å²) in [7, 11) is 0. The fourth-order valence-electron chi connectivity index (χ4n) is 0.782. The molecule has 1 aliphatic heterocycles. The molecule has 0 saturated heterocycles. The van der Waals surface area contributed by atoms with E-state index < -0.39 is 0 Å². The van der Waals surface area contributed by atoms with Gasteiger partial charge >= 0.3 is 0 Å². The van der Waals surface area contributed by atoms with E-state index in [1.165, 1.54) is 0 Å². The van der Waals surface area contributed by atoms with Crippen LogP contribution in [0.3, 0.4) is 0 Å². The highest BCUT2D eigenvalue weighted by Crippen LogP contribution is 1.96. The highest BCUT2D eigenvalue weighted by molar-refractivity contribution is 5.89. The van der Waals surface area contributed by atoms with E-state index in [4.69, 9.17) is 0 Å². The second-order valence-corrected chi connectivity index (χ2v) is 1.95. The molecule has 50 valence electrons. The fraction of sp³-hybridized carbons (Fsp3) is 0.667. The van der Waals surface area contributed by atoms with Gasteiger partial charge in [0, 0.05) is 19.5 Å². The Hall–Kier alpha value is -0.860. The van der Waals surface area contributed by atoms with Crippen molar-refractivity contribution in [2.24, 2.45) is 4.99 Å². The van der Waals surface area contributed by atoms with Crippen LogP contribution in [0.5, 0.6) is 0 Å². The lowest BCUT2D eigenvalue weighted by Gasteiger charge is -2.17. The third-order valence-corrected chi connectivity index (χ3v) is 1.34. The van der Waals surface area contributed by atoms with Gasteiger partial charge in [-0.25, -0.2) is 0 Å². The summed E-state index contributed by atoms with van der Waals surface area (Å²) in [4.78, 5) is 16.4. The predicted molar refractivity (Wildman–Crippen MR) is 35.4 cm³/mol. The SMILES string of the molecule is CCN1C=NCCC1=O. The van der Waals surface area contributed by atoms with Crippen molar-refractivity contribution in [1.82, 2.24) is 4.90 Å². The van der Waals surface area contributed by atoms with Gasteiger partial charge in [-0.2, -0.15) is 0 Å². The quantitative estimate of drug-likeness (QED) is 0.496. The maximum Gasteiger partial charge on any atom is 0.229 e. The Bertz CT molecular complexity index is 142. The number of rotatable bonds is 1. The van der Waals surface area contributed by atoms with Crippen LogP contribution in [0, 0.1) is 0 Å². The Morgan fingerprint density at radius 1 is 1.89 bits per heavy atom. The number of carbonyl (C=O) groups is 1. The van der Waals surface area contributed by atoms with Crippen molar-refractivity contribution in [3.8, 4) is 0 Å². The van der Waals surface area contributed by atoms with Gasteiger partial charge in [0.1, 0.15) is 0 Å². The molecule has 1 heterocycles. The Morgan fingerprint density at radius 3 is 3.11 bits per heavy atom. The van der Waals surface area contributed by atoms with Crippen LogP contribution >= 0.6 is 0 Å². The van der Waals surface area contributed by atoms with E-state index in [-0.39, 0.29) is 5.91 Å². The molecule has 0 spiro atoms. The van der Waals surface area contributed by atoms with Gasteiger partial charge in [0.15, 0.2) is 0 Å². The Kier molecular flexibility index (Phi) is 1.82. The molecule has 0 atom stereocenters. The normalized spacial score (nSPS) is 18.8. The molecular weight excluding hydrogens is 116 g/mol. The lowest BCUT2D eigenvalue weighted by atomic mass is 10.3. The van der Waals surface area contributed by atoms with E-state index in [2.05, 4.69) is 4.99 Å². The molecule has 1 aliphatic rings. The summed E-state index contributed by atoms with van der Waals surface area (Å²) in [5.41, 5.74) is 0. The van der Waals surface area contributed by atoms with Crippen LogP contribution in [0.1, 0.15) is 13.3 Å². The van der Waals surface area contributed by atoms with Gasteiger partial charge < -0.3 is 4.90 Å². The van der Waals surface area contributed by atoms with Gasteiger partial charge in [0.05, 0.1) is 6.34 Å². The molecule has 0 radical (unpaired) electrons. The van der Waals surface area contributed by atoms with Crippen LogP contribution in [-0.2, 0) is 4.79 Å². The van der Waals surface area contributed by atoms with Crippen molar-refractivity contribution in [3.63, 3.8) is 0 Å². The minimum absolute atomic E-state index is 0.188. The van der Waals surface area contributed by atoms with E-state index in [9.17, 15) is 4.79 Å². The summed E-state index contributed by atoms with van der Waals surface area (Å²) in [5, 5.41) is 0. The second-order valence-electron chi connectivity index (χ2n) is 1.95. The molecule has 0 aromatic rings. The van der Waals surface area contributed by atoms with Gasteiger partial charge in [-0.05, 0) is 6.92 Å². The number of amides is 1. The molecule has 3 nitrogen and oxygen atoms in total. The van der Waals surface area contributed by atoms with Gasteiger partial charge in [-0.15, -0.1) is 0 Å². The average Bonchev–Trinajstić information content (AvgIpc) is 1.89. The molecular formula is C6H10N2O. The van der Waals surface area contributed by atoms with E-state index in [1.54, 1.807) is 11.2 Å². The standard InChI is InChI=1S/C6H10N2O/c1-2-8-5-7-4-3-6(8)9/h5H,2-4H2,1H3. The van der Waals surface area contributed by atoms with Gasteiger partial charge in [-0.1, -0.05) is 0 Å². The Labute approximate surface area is 54.4 Å². The topological polar surface area (TPSA) is 32.7 Å². The highest BCUT2D eigenvalue weighted by Gasteiger charge is 2.11. The molecule has 0 N–H and O–H groups in total. The van der Waals surface area contributed by atoms with E-state index >= 15 is 0 Å². The lowest BCUT2D eigenvalue weighted by molar-refractivity contribution is -0.127. The zero-order chi connectivity index (χ0) is 6.69. The molecule has 0 unspecified atom stereocenters. The zero-order valence-electron chi connectivity index (χ0n) is 5.50. The Morgan fingerprint density at radius 2 is 2.67 bits per heavy atom. The smallest absolute Gasteiger partial charge is 0.229 e. The predicted octanol–water partition coefficient (Wildman–Crippen LogP) is 0.267. The monoisotopic (exact) mass is 126 g/mol. The minimum atomic E-state index is 0.188. The average molecular weight is 126 g/mol. The Balaban J connectivity index is 2.57. The summed E-state index contributed by atoms with van der Waals surface area (Å²) in [6, 6.07) is 0. The molecule has 0 fully saturated rings. The van der Waals surface area contributed by atoms with Crippen LogP contribution < -0.4 is 0 Å². The summed E-state index contributed by atoms with van der Waals surface area (Å²) >= 11 is 0. The molecule has 0 aromatic carbocycles. The number of carbonyl (C=O) groups excluding carboxylic acids is 1. The van der Waals surface area contributed by atoms with Crippen molar-refractivity contribution in [3.05, 3.63) is 0 Å². The van der Waals surface area contributed by atoms with E-state index in [0.717, 1.165) is 6.54 Å². The first-order chi connectivity index (χ1) is 4.34. The molecule has 1 amide bonds. The highest BCUT2D eigenvalue weighted by atomic mass is 16.2. The maximum absolute atomic E-state index is 10.9. The number of hydrogen-bond acceptors (Lipinski definition) is 2. The molecule has 1 rings (SSSR count). The first-order valence-corrected chi connectivity index (χ1v) is 3.14. The first-order valence-electron chi connectivity index (χ1n) is 3.14. The van der Waals surface area contributed by atoms with Crippen molar-refractivity contribution < 1.29 is 4.79 Å². The van der Waals surface area contributed by atoms with Crippen LogP contribution in [0.4, 0.5) is 0 Å². The van der Waals surface area contributed by atoms with E-state index in [1.807, 2.05) is 6.92 Å². The van der Waals surface area contributed by atoms with Crippen LogP contribution in [0.15, 0.2) is 4.99 Å². The van der Waals surface area contributed by atoms with Crippen molar-refractivity contribution in [1.29, 1.82) is 0 Å². The zero-order valence-corrected chi connectivity index (χ0v) is 5.50. The van der Waals surface area contributed by atoms with Crippen LogP contribution in [0.25, 0.3) is 0 Å². The largest absolute Gasteiger partial charge is 0.304 e. The lowest BCUT2D eigenvalue weighted by Crippen LogP contribution is -2.32. The van der Waals surface area contributed by atoms with Gasteiger partial charge in [0.25, 0.3) is 0 Å².